The van der Waals surface area contributed by atoms with Crippen molar-refractivity contribution in [3.8, 4) is 0 Å². The number of carboxylic acid groups (broad SMARTS) is 1. The predicted molar refractivity (Wildman–Crippen MR) is 41.0 cm³/mol. The van der Waals surface area contributed by atoms with Crippen molar-refractivity contribution in [2.45, 2.75) is 12.5 Å². The van der Waals surface area contributed by atoms with Crippen molar-refractivity contribution in [2.75, 3.05) is 6.54 Å². The predicted octanol–water partition coefficient (Wildman–Crippen LogP) is -0.729. The van der Waals surface area contributed by atoms with Gasteiger partial charge in [0, 0.05) is 12.1 Å². The molecule has 0 aliphatic carbocycles. The summed E-state index contributed by atoms with van der Waals surface area (Å²) in [5.41, 5.74) is 6.00. The zero-order valence-corrected chi connectivity index (χ0v) is 5.90. The molecule has 1 atom stereocenters. The van der Waals surface area contributed by atoms with Crippen molar-refractivity contribution in [3.05, 3.63) is 0 Å². The first-order chi connectivity index (χ1) is 5.20. The molecule has 0 aromatic heterocycles. The molecule has 11 heavy (non-hydrogen) atoms. The molecule has 0 fully saturated rings. The van der Waals surface area contributed by atoms with Gasteiger partial charge in [-0.15, -0.1) is 0 Å². The average Bonchev–Trinajstić information content (AvgIpc) is 2.39. The average molecular weight is 155 g/mol. The third-order valence-corrected chi connectivity index (χ3v) is 1.37. The van der Waals surface area contributed by atoms with Crippen molar-refractivity contribution in [3.63, 3.8) is 0 Å². The van der Waals surface area contributed by atoms with E-state index in [1.165, 1.54) is 6.34 Å². The highest BCUT2D eigenvalue weighted by Crippen LogP contribution is 1.97. The first kappa shape index (κ1) is 7.87. The standard InChI is InChI=1S/C6H9N3O2/c7-5(6(10)11)1-4-2-8-3-9-4/h3,5H,1-2,7H2,(H,10,11). The highest BCUT2D eigenvalue weighted by atomic mass is 16.4. The minimum Gasteiger partial charge on any atom is -0.480 e. The van der Waals surface area contributed by atoms with Crippen LogP contribution in [0, 0.1) is 0 Å². The summed E-state index contributed by atoms with van der Waals surface area (Å²) >= 11 is 0. The van der Waals surface area contributed by atoms with Gasteiger partial charge >= 0.3 is 5.97 Å². The second kappa shape index (κ2) is 3.25. The van der Waals surface area contributed by atoms with Crippen LogP contribution in [0.15, 0.2) is 9.98 Å². The first-order valence-electron chi connectivity index (χ1n) is 3.22. The van der Waals surface area contributed by atoms with Crippen molar-refractivity contribution in [2.24, 2.45) is 15.7 Å². The quantitative estimate of drug-likeness (QED) is 0.563. The van der Waals surface area contributed by atoms with Gasteiger partial charge in [0.2, 0.25) is 0 Å². The molecule has 5 heteroatoms. The zero-order valence-electron chi connectivity index (χ0n) is 5.90. The normalized spacial score (nSPS) is 18.1. The van der Waals surface area contributed by atoms with E-state index >= 15 is 0 Å². The van der Waals surface area contributed by atoms with Crippen molar-refractivity contribution in [1.29, 1.82) is 0 Å². The van der Waals surface area contributed by atoms with E-state index in [2.05, 4.69) is 9.98 Å². The Bertz CT molecular complexity index is 222. The van der Waals surface area contributed by atoms with Crippen LogP contribution in [0.1, 0.15) is 6.42 Å². The maximum Gasteiger partial charge on any atom is 0.320 e. The van der Waals surface area contributed by atoms with Crippen LogP contribution in [-0.4, -0.2) is 35.7 Å². The molecule has 0 radical (unpaired) electrons. The van der Waals surface area contributed by atoms with Crippen LogP contribution in [0.4, 0.5) is 0 Å². The summed E-state index contributed by atoms with van der Waals surface area (Å²) in [5, 5.41) is 8.42. The van der Waals surface area contributed by atoms with Crippen LogP contribution in [0.3, 0.4) is 0 Å². The first-order valence-corrected chi connectivity index (χ1v) is 3.22. The number of nitrogens with zero attached hydrogens (tertiary/aromatic N) is 2. The minimum atomic E-state index is -1.00. The maximum atomic E-state index is 10.3. The molecule has 5 nitrogen and oxygen atoms in total. The van der Waals surface area contributed by atoms with Gasteiger partial charge in [-0.2, -0.15) is 0 Å². The Balaban J connectivity index is 2.37. The van der Waals surface area contributed by atoms with E-state index in [-0.39, 0.29) is 6.42 Å². The monoisotopic (exact) mass is 155 g/mol. The molecule has 1 unspecified atom stereocenters. The molecule has 60 valence electrons. The Hall–Kier alpha value is -1.23. The summed E-state index contributed by atoms with van der Waals surface area (Å²) in [7, 11) is 0. The third kappa shape index (κ3) is 2.12. The number of aliphatic imine (C=N–C) groups is 2. The fourth-order valence-corrected chi connectivity index (χ4v) is 0.768. The summed E-state index contributed by atoms with van der Waals surface area (Å²) in [6.45, 7) is 0.487. The lowest BCUT2D eigenvalue weighted by molar-refractivity contribution is -0.138. The number of rotatable bonds is 3. The molecule has 0 aromatic carbocycles. The minimum absolute atomic E-state index is 0.287. The summed E-state index contributed by atoms with van der Waals surface area (Å²) in [4.78, 5) is 17.9. The van der Waals surface area contributed by atoms with Crippen LogP contribution >= 0.6 is 0 Å². The summed E-state index contributed by atoms with van der Waals surface area (Å²) < 4.78 is 0. The number of nitrogens with two attached hydrogens (primary N) is 1. The smallest absolute Gasteiger partial charge is 0.320 e. The molecule has 0 spiro atoms. The summed E-state index contributed by atoms with van der Waals surface area (Å²) in [6.07, 6.45) is 1.71. The molecule has 1 aliphatic heterocycles. The lowest BCUT2D eigenvalue weighted by Gasteiger charge is -2.03. The Labute approximate surface area is 63.6 Å². The lowest BCUT2D eigenvalue weighted by atomic mass is 10.1. The molecule has 3 N–H and O–H groups in total. The summed E-state index contributed by atoms with van der Waals surface area (Å²) in [6, 6.07) is -0.851. The van der Waals surface area contributed by atoms with Crippen molar-refractivity contribution < 1.29 is 9.90 Å². The largest absolute Gasteiger partial charge is 0.480 e. The third-order valence-electron chi connectivity index (χ3n) is 1.37. The fourth-order valence-electron chi connectivity index (χ4n) is 0.768. The van der Waals surface area contributed by atoms with E-state index in [1.54, 1.807) is 0 Å². The van der Waals surface area contributed by atoms with Gasteiger partial charge in [-0.25, -0.2) is 4.99 Å². The molecule has 1 heterocycles. The number of carboxylic acids is 1. The molecular weight excluding hydrogens is 146 g/mol. The lowest BCUT2D eigenvalue weighted by Crippen LogP contribution is -2.32. The van der Waals surface area contributed by atoms with Gasteiger partial charge in [-0.1, -0.05) is 0 Å². The second-order valence-electron chi connectivity index (χ2n) is 2.30. The van der Waals surface area contributed by atoms with Crippen LogP contribution < -0.4 is 5.73 Å². The molecule has 0 bridgehead atoms. The van der Waals surface area contributed by atoms with E-state index in [4.69, 9.17) is 10.8 Å². The van der Waals surface area contributed by atoms with Gasteiger partial charge in [0.1, 0.15) is 12.4 Å². The van der Waals surface area contributed by atoms with Gasteiger partial charge in [-0.05, 0) is 0 Å². The highest BCUT2D eigenvalue weighted by Gasteiger charge is 2.15. The van der Waals surface area contributed by atoms with Gasteiger partial charge in [0.05, 0.1) is 6.54 Å². The maximum absolute atomic E-state index is 10.3. The van der Waals surface area contributed by atoms with E-state index in [0.717, 1.165) is 5.71 Å². The Morgan fingerprint density at radius 3 is 3.09 bits per heavy atom. The van der Waals surface area contributed by atoms with Crippen molar-refractivity contribution >= 4 is 18.0 Å². The second-order valence-corrected chi connectivity index (χ2v) is 2.30. The Morgan fingerprint density at radius 1 is 1.91 bits per heavy atom. The van der Waals surface area contributed by atoms with Crippen LogP contribution in [0.25, 0.3) is 0 Å². The van der Waals surface area contributed by atoms with E-state index in [1.807, 2.05) is 0 Å². The number of hydrogen-bond donors (Lipinski definition) is 2. The molecule has 0 saturated heterocycles. The van der Waals surface area contributed by atoms with Crippen LogP contribution in [0.2, 0.25) is 0 Å². The fraction of sp³-hybridized carbons (Fsp3) is 0.500. The molecule has 0 amide bonds. The number of carbonyl (C=O) groups is 1. The van der Waals surface area contributed by atoms with Gasteiger partial charge in [0.25, 0.3) is 0 Å². The Morgan fingerprint density at radius 2 is 2.64 bits per heavy atom. The van der Waals surface area contributed by atoms with Crippen LogP contribution in [0.5, 0.6) is 0 Å². The molecule has 1 aliphatic rings. The van der Waals surface area contributed by atoms with E-state index in [9.17, 15) is 4.79 Å². The molecular formula is C6H9N3O2. The molecule has 1 rings (SSSR count). The summed E-state index contributed by atoms with van der Waals surface area (Å²) in [5.74, 6) is -1.00. The number of hydrogen-bond acceptors (Lipinski definition) is 4. The molecule has 0 saturated carbocycles. The van der Waals surface area contributed by atoms with Crippen molar-refractivity contribution in [1.82, 2.24) is 0 Å². The SMILES string of the molecule is NC(CC1=NC=NC1)C(=O)O. The zero-order chi connectivity index (χ0) is 8.27. The van der Waals surface area contributed by atoms with Gasteiger partial charge < -0.3 is 10.8 Å². The van der Waals surface area contributed by atoms with Crippen LogP contribution in [-0.2, 0) is 4.79 Å². The number of aliphatic carboxylic acids is 1. The topological polar surface area (TPSA) is 88.0 Å². The van der Waals surface area contributed by atoms with E-state index < -0.39 is 12.0 Å². The highest BCUT2D eigenvalue weighted by molar-refractivity contribution is 5.98. The Kier molecular flexibility index (Phi) is 2.32. The molecule has 0 aromatic rings. The van der Waals surface area contributed by atoms with E-state index in [0.29, 0.717) is 6.54 Å². The van der Waals surface area contributed by atoms with Gasteiger partial charge in [-0.3, -0.25) is 9.79 Å². The van der Waals surface area contributed by atoms with Gasteiger partial charge in [0.15, 0.2) is 0 Å².